The van der Waals surface area contributed by atoms with Gasteiger partial charge in [-0.2, -0.15) is 0 Å². The molecule has 0 radical (unpaired) electrons. The van der Waals surface area contributed by atoms with Crippen molar-refractivity contribution < 1.29 is 23.7 Å². The van der Waals surface area contributed by atoms with Crippen molar-refractivity contribution in [2.24, 2.45) is 0 Å². The predicted molar refractivity (Wildman–Crippen MR) is 140 cm³/mol. The number of rotatable bonds is 14. The molecule has 0 fully saturated rings. The van der Waals surface area contributed by atoms with Crippen LogP contribution in [0.4, 0.5) is 11.4 Å². The van der Waals surface area contributed by atoms with Gasteiger partial charge in [-0.25, -0.2) is 0 Å². The summed E-state index contributed by atoms with van der Waals surface area (Å²) in [5.74, 6) is 0.0769. The highest BCUT2D eigenvalue weighted by Gasteiger charge is 2.37. The Morgan fingerprint density at radius 2 is 0.971 bits per heavy atom. The molecule has 0 heterocycles. The molecule has 0 bridgehead atoms. The zero-order valence-corrected chi connectivity index (χ0v) is 22.1. The average molecular weight is 485 g/mol. The van der Waals surface area contributed by atoms with Crippen LogP contribution in [0.2, 0.25) is 0 Å². The minimum Gasteiger partial charge on any atom is -0.383 e. The molecule has 0 aromatic heterocycles. The van der Waals surface area contributed by atoms with E-state index in [-0.39, 0.29) is 11.2 Å². The zero-order valence-electron chi connectivity index (χ0n) is 22.1. The van der Waals surface area contributed by atoms with E-state index in [1.807, 2.05) is 24.3 Å². The van der Waals surface area contributed by atoms with Crippen LogP contribution in [0.3, 0.4) is 0 Å². The maximum absolute atomic E-state index is 13.5. The van der Waals surface area contributed by atoms with Gasteiger partial charge < -0.3 is 28.7 Å². The monoisotopic (exact) mass is 484 g/mol. The molecule has 192 valence electrons. The first-order chi connectivity index (χ1) is 16.9. The first-order valence-electron chi connectivity index (χ1n) is 12.2. The highest BCUT2D eigenvalue weighted by Crippen LogP contribution is 2.43. The molecule has 1 aliphatic rings. The maximum atomic E-state index is 13.5. The van der Waals surface area contributed by atoms with Gasteiger partial charge in [-0.15, -0.1) is 0 Å². The molecule has 7 heteroatoms. The fraction of sp³-hybridized carbons (Fsp3) is 0.536. The standard InChI is InChI=1S/C28H40N2O5/c1-28(2)25-19-21(29(11-15-32-3)12-16-33-4)7-9-23(25)27(31)24-10-8-22(20-26(24)28)30(13-17-34-5)14-18-35-6/h7-10,19-20H,11-18H2,1-6H3. The molecule has 3 rings (SSSR count). The van der Waals surface area contributed by atoms with E-state index in [2.05, 4.69) is 35.8 Å². The Morgan fingerprint density at radius 3 is 1.29 bits per heavy atom. The van der Waals surface area contributed by atoms with Gasteiger partial charge in [-0.3, -0.25) is 4.79 Å². The van der Waals surface area contributed by atoms with Gasteiger partial charge in [-0.05, 0) is 47.5 Å². The highest BCUT2D eigenvalue weighted by molar-refractivity contribution is 6.13. The lowest BCUT2D eigenvalue weighted by atomic mass is 9.68. The number of ketones is 1. The number of hydrogen-bond acceptors (Lipinski definition) is 7. The average Bonchev–Trinajstić information content (AvgIpc) is 2.87. The number of ether oxygens (including phenoxy) is 4. The SMILES string of the molecule is COCCN(CCOC)c1ccc2c(c1)C(C)(C)c1cc(N(CCOC)CCOC)ccc1C2=O. The van der Waals surface area contributed by atoms with Gasteiger partial charge in [0.2, 0.25) is 0 Å². The van der Waals surface area contributed by atoms with Gasteiger partial charge >= 0.3 is 0 Å². The molecule has 7 nitrogen and oxygen atoms in total. The Bertz CT molecular complexity index is 900. The van der Waals surface area contributed by atoms with Crippen molar-refractivity contribution in [1.29, 1.82) is 0 Å². The quantitative estimate of drug-likeness (QED) is 0.405. The van der Waals surface area contributed by atoms with E-state index in [1.165, 1.54) is 0 Å². The number of benzene rings is 2. The molecule has 0 amide bonds. The maximum Gasteiger partial charge on any atom is 0.193 e. The molecular formula is C28H40N2O5. The molecular weight excluding hydrogens is 444 g/mol. The van der Waals surface area contributed by atoms with Crippen molar-refractivity contribution in [1.82, 2.24) is 0 Å². The minimum absolute atomic E-state index is 0.0769. The number of nitrogens with zero attached hydrogens (tertiary/aromatic N) is 2. The van der Waals surface area contributed by atoms with E-state index >= 15 is 0 Å². The summed E-state index contributed by atoms with van der Waals surface area (Å²) >= 11 is 0. The van der Waals surface area contributed by atoms with Crippen LogP contribution in [-0.4, -0.2) is 86.8 Å². The van der Waals surface area contributed by atoms with Crippen LogP contribution in [-0.2, 0) is 24.4 Å². The normalized spacial score (nSPS) is 13.9. The van der Waals surface area contributed by atoms with E-state index < -0.39 is 0 Å². The fourth-order valence-electron chi connectivity index (χ4n) is 4.72. The third-order valence-electron chi connectivity index (χ3n) is 6.83. The predicted octanol–water partition coefficient (Wildman–Crippen LogP) is 3.76. The Balaban J connectivity index is 2.01. The van der Waals surface area contributed by atoms with E-state index in [1.54, 1.807) is 28.4 Å². The van der Waals surface area contributed by atoms with Crippen LogP contribution in [0, 0.1) is 0 Å². The number of methoxy groups -OCH3 is 4. The Hall–Kier alpha value is -2.45. The number of carbonyl (C=O) groups is 1. The Morgan fingerprint density at radius 1 is 0.629 bits per heavy atom. The summed E-state index contributed by atoms with van der Waals surface area (Å²) in [6, 6.07) is 12.4. The van der Waals surface area contributed by atoms with Gasteiger partial charge in [0.25, 0.3) is 0 Å². The van der Waals surface area contributed by atoms with E-state index in [0.717, 1.165) is 59.8 Å². The van der Waals surface area contributed by atoms with E-state index in [9.17, 15) is 4.79 Å². The lowest BCUT2D eigenvalue weighted by Gasteiger charge is -2.37. The minimum atomic E-state index is -0.340. The summed E-state index contributed by atoms with van der Waals surface area (Å²) in [5, 5.41) is 0. The largest absolute Gasteiger partial charge is 0.383 e. The van der Waals surface area contributed by atoms with Crippen molar-refractivity contribution in [2.75, 3.05) is 90.8 Å². The first-order valence-corrected chi connectivity index (χ1v) is 12.2. The molecule has 0 saturated carbocycles. The second-order valence-electron chi connectivity index (χ2n) is 9.36. The van der Waals surface area contributed by atoms with Gasteiger partial charge in [0.15, 0.2) is 5.78 Å². The van der Waals surface area contributed by atoms with Gasteiger partial charge in [0.1, 0.15) is 0 Å². The fourth-order valence-corrected chi connectivity index (χ4v) is 4.72. The second-order valence-corrected chi connectivity index (χ2v) is 9.36. The van der Waals surface area contributed by atoms with Crippen molar-refractivity contribution >= 4 is 17.2 Å². The van der Waals surface area contributed by atoms with Crippen LogP contribution in [0.25, 0.3) is 0 Å². The number of anilines is 2. The smallest absolute Gasteiger partial charge is 0.193 e. The first kappa shape index (κ1) is 27.1. The topological polar surface area (TPSA) is 60.5 Å². The molecule has 2 aromatic carbocycles. The number of hydrogen-bond donors (Lipinski definition) is 0. The highest BCUT2D eigenvalue weighted by atomic mass is 16.5. The van der Waals surface area contributed by atoms with Crippen LogP contribution in [0.15, 0.2) is 36.4 Å². The van der Waals surface area contributed by atoms with E-state index in [4.69, 9.17) is 18.9 Å². The lowest BCUT2D eigenvalue weighted by Crippen LogP contribution is -2.34. The second kappa shape index (κ2) is 12.5. The van der Waals surface area contributed by atoms with Crippen molar-refractivity contribution in [3.8, 4) is 0 Å². The molecule has 0 atom stereocenters. The summed E-state index contributed by atoms with van der Waals surface area (Å²) in [7, 11) is 6.83. The third-order valence-corrected chi connectivity index (χ3v) is 6.83. The van der Waals surface area contributed by atoms with Crippen LogP contribution < -0.4 is 9.80 Å². The van der Waals surface area contributed by atoms with Crippen LogP contribution in [0.1, 0.15) is 40.9 Å². The van der Waals surface area contributed by atoms with Crippen LogP contribution >= 0.6 is 0 Å². The summed E-state index contributed by atoms with van der Waals surface area (Å²) in [4.78, 5) is 18.0. The van der Waals surface area contributed by atoms with Crippen LogP contribution in [0.5, 0.6) is 0 Å². The third kappa shape index (κ3) is 6.04. The van der Waals surface area contributed by atoms with Gasteiger partial charge in [0, 0.05) is 82.5 Å². The molecule has 35 heavy (non-hydrogen) atoms. The molecule has 1 aliphatic carbocycles. The summed E-state index contributed by atoms with van der Waals surface area (Å²) in [6.07, 6.45) is 0. The Kier molecular flexibility index (Phi) is 9.69. The van der Waals surface area contributed by atoms with Crippen molar-refractivity contribution in [3.63, 3.8) is 0 Å². The number of fused-ring (bicyclic) bond motifs is 2. The molecule has 0 N–H and O–H groups in total. The van der Waals surface area contributed by atoms with E-state index in [0.29, 0.717) is 26.4 Å². The molecule has 0 aliphatic heterocycles. The molecule has 0 saturated heterocycles. The summed E-state index contributed by atoms with van der Waals surface area (Å²) in [5.41, 5.74) is 5.43. The molecule has 2 aromatic rings. The summed E-state index contributed by atoms with van der Waals surface area (Å²) < 4.78 is 21.3. The summed E-state index contributed by atoms with van der Waals surface area (Å²) in [6.45, 7) is 9.89. The number of carbonyl (C=O) groups excluding carboxylic acids is 1. The van der Waals surface area contributed by atoms with Crippen molar-refractivity contribution in [2.45, 2.75) is 19.3 Å². The zero-order chi connectivity index (χ0) is 25.4. The van der Waals surface area contributed by atoms with Gasteiger partial charge in [0.05, 0.1) is 26.4 Å². The van der Waals surface area contributed by atoms with Gasteiger partial charge in [-0.1, -0.05) is 13.8 Å². The Labute approximate surface area is 209 Å². The van der Waals surface area contributed by atoms with Crippen molar-refractivity contribution in [3.05, 3.63) is 58.7 Å². The molecule has 0 spiro atoms. The lowest BCUT2D eigenvalue weighted by molar-refractivity contribution is 0.103. The molecule has 0 unspecified atom stereocenters.